The molecule has 0 saturated carbocycles. The number of pyridine rings is 1. The second-order valence-electron chi connectivity index (χ2n) is 4.17. The van der Waals surface area contributed by atoms with Crippen LogP contribution in [0.4, 0.5) is 5.69 Å². The summed E-state index contributed by atoms with van der Waals surface area (Å²) in [6.07, 6.45) is 1.79. The molecule has 2 heterocycles. The van der Waals surface area contributed by atoms with Gasteiger partial charge in [-0.3, -0.25) is 0 Å². The molecule has 1 aromatic carbocycles. The molecule has 4 nitrogen and oxygen atoms in total. The van der Waals surface area contributed by atoms with Crippen molar-refractivity contribution in [3.63, 3.8) is 0 Å². The number of para-hydroxylation sites is 1. The van der Waals surface area contributed by atoms with Crippen LogP contribution in [0.3, 0.4) is 0 Å². The number of halogens is 1. The van der Waals surface area contributed by atoms with Gasteiger partial charge in [0.15, 0.2) is 5.65 Å². The van der Waals surface area contributed by atoms with Crippen LogP contribution in [0.2, 0.25) is 5.02 Å². The van der Waals surface area contributed by atoms with E-state index in [-0.39, 0.29) is 0 Å². The van der Waals surface area contributed by atoms with Gasteiger partial charge in [0, 0.05) is 11.8 Å². The average Bonchev–Trinajstić information content (AvgIpc) is 2.75. The fraction of sp³-hybridized carbons (Fsp3) is 0.0769. The monoisotopic (exact) mass is 258 g/mol. The van der Waals surface area contributed by atoms with Gasteiger partial charge in [-0.25, -0.2) is 9.97 Å². The van der Waals surface area contributed by atoms with Gasteiger partial charge in [-0.1, -0.05) is 17.7 Å². The lowest BCUT2D eigenvalue weighted by molar-refractivity contribution is 1.28. The number of nitrogens with zero attached hydrogens (tertiary/aromatic N) is 2. The van der Waals surface area contributed by atoms with E-state index >= 15 is 0 Å². The third-order valence-corrected chi connectivity index (χ3v) is 3.11. The van der Waals surface area contributed by atoms with Gasteiger partial charge >= 0.3 is 0 Å². The molecule has 0 fully saturated rings. The number of hydrogen-bond acceptors (Lipinski definition) is 3. The highest BCUT2D eigenvalue weighted by Crippen LogP contribution is 2.30. The molecule has 2 aromatic heterocycles. The van der Waals surface area contributed by atoms with Crippen LogP contribution in [-0.2, 0) is 0 Å². The Bertz CT molecular complexity index is 733. The molecular weight excluding hydrogens is 248 g/mol. The van der Waals surface area contributed by atoms with E-state index in [1.807, 2.05) is 25.1 Å². The summed E-state index contributed by atoms with van der Waals surface area (Å²) in [5, 5.41) is 0.525. The van der Waals surface area contributed by atoms with Crippen LogP contribution in [0.1, 0.15) is 5.56 Å². The van der Waals surface area contributed by atoms with Gasteiger partial charge in [0.2, 0.25) is 0 Å². The number of fused-ring (bicyclic) bond motifs is 1. The molecule has 0 amide bonds. The lowest BCUT2D eigenvalue weighted by atomic mass is 10.2. The van der Waals surface area contributed by atoms with Crippen molar-refractivity contribution >= 4 is 28.5 Å². The first-order valence-corrected chi connectivity index (χ1v) is 5.89. The predicted octanol–water partition coefficient (Wildman–Crippen LogP) is 3.17. The van der Waals surface area contributed by atoms with Gasteiger partial charge in [0.25, 0.3) is 0 Å². The minimum atomic E-state index is 0.523. The summed E-state index contributed by atoms with van der Waals surface area (Å²) in [4.78, 5) is 11.9. The summed E-state index contributed by atoms with van der Waals surface area (Å²) in [5.41, 5.74) is 9.92. The zero-order valence-corrected chi connectivity index (χ0v) is 10.5. The van der Waals surface area contributed by atoms with Gasteiger partial charge in [0.1, 0.15) is 5.82 Å². The van der Waals surface area contributed by atoms with Gasteiger partial charge in [-0.15, -0.1) is 0 Å². The number of hydrogen-bond donors (Lipinski definition) is 2. The number of benzene rings is 1. The molecule has 0 aliphatic carbocycles. The van der Waals surface area contributed by atoms with Crippen LogP contribution >= 0.6 is 11.6 Å². The molecule has 0 unspecified atom stereocenters. The Morgan fingerprint density at radius 3 is 3.00 bits per heavy atom. The molecule has 0 atom stereocenters. The number of aromatic amines is 1. The maximum Gasteiger partial charge on any atom is 0.178 e. The van der Waals surface area contributed by atoms with Crippen molar-refractivity contribution in [2.75, 3.05) is 5.73 Å². The minimum Gasteiger partial charge on any atom is -0.397 e. The van der Waals surface area contributed by atoms with E-state index in [1.165, 1.54) is 0 Å². The first-order valence-electron chi connectivity index (χ1n) is 5.52. The molecule has 3 aromatic rings. The predicted molar refractivity (Wildman–Crippen MR) is 73.5 cm³/mol. The summed E-state index contributed by atoms with van der Waals surface area (Å²) in [6.45, 7) is 1.99. The summed E-state index contributed by atoms with van der Waals surface area (Å²) < 4.78 is 0. The number of imidazole rings is 1. The number of nitrogens with two attached hydrogens (primary N) is 1. The van der Waals surface area contributed by atoms with Crippen molar-refractivity contribution in [1.82, 2.24) is 15.0 Å². The van der Waals surface area contributed by atoms with Crippen molar-refractivity contribution < 1.29 is 0 Å². The standard InChI is InChI=1S/C13H11ClN4/c1-7-5-10-13(16-6-7)18-12(17-10)8-3-2-4-9(14)11(8)15/h2-6H,15H2,1H3,(H,16,17,18). The Morgan fingerprint density at radius 1 is 1.33 bits per heavy atom. The van der Waals surface area contributed by atoms with E-state index in [9.17, 15) is 0 Å². The highest BCUT2D eigenvalue weighted by Gasteiger charge is 2.10. The van der Waals surface area contributed by atoms with E-state index in [1.54, 1.807) is 12.3 Å². The molecule has 0 spiro atoms. The Hall–Kier alpha value is -2.07. The molecule has 5 heteroatoms. The van der Waals surface area contributed by atoms with E-state index < -0.39 is 0 Å². The quantitative estimate of drug-likeness (QED) is 0.659. The molecule has 0 saturated heterocycles. The van der Waals surface area contributed by atoms with Gasteiger partial charge in [-0.2, -0.15) is 0 Å². The normalized spacial score (nSPS) is 11.0. The molecule has 90 valence electrons. The second-order valence-corrected chi connectivity index (χ2v) is 4.58. The number of nitrogen functional groups attached to an aromatic ring is 1. The Labute approximate surface area is 109 Å². The van der Waals surface area contributed by atoms with Gasteiger partial charge in [0.05, 0.1) is 16.2 Å². The molecule has 0 aliphatic heterocycles. The smallest absolute Gasteiger partial charge is 0.178 e. The van der Waals surface area contributed by atoms with Crippen molar-refractivity contribution in [3.8, 4) is 11.4 Å². The van der Waals surface area contributed by atoms with E-state index in [4.69, 9.17) is 17.3 Å². The highest BCUT2D eigenvalue weighted by atomic mass is 35.5. The van der Waals surface area contributed by atoms with Gasteiger partial charge in [-0.05, 0) is 30.7 Å². The third-order valence-electron chi connectivity index (χ3n) is 2.78. The fourth-order valence-electron chi connectivity index (χ4n) is 1.88. The maximum atomic E-state index is 6.01. The Morgan fingerprint density at radius 2 is 2.17 bits per heavy atom. The number of H-pyrrole nitrogens is 1. The molecule has 18 heavy (non-hydrogen) atoms. The van der Waals surface area contributed by atoms with Crippen molar-refractivity contribution in [2.45, 2.75) is 6.92 Å². The Kier molecular flexibility index (Phi) is 2.45. The number of rotatable bonds is 1. The molecular formula is C13H11ClN4. The number of nitrogens with one attached hydrogen (secondary N) is 1. The first kappa shape index (κ1) is 11.0. The van der Waals surface area contributed by atoms with Crippen LogP contribution in [-0.4, -0.2) is 15.0 Å². The van der Waals surface area contributed by atoms with E-state index in [0.29, 0.717) is 22.2 Å². The van der Waals surface area contributed by atoms with Crippen LogP contribution in [0.15, 0.2) is 30.5 Å². The number of aromatic nitrogens is 3. The van der Waals surface area contributed by atoms with Gasteiger partial charge < -0.3 is 10.7 Å². The summed E-state index contributed by atoms with van der Waals surface area (Å²) in [7, 11) is 0. The zero-order chi connectivity index (χ0) is 12.7. The van der Waals surface area contributed by atoms with Crippen molar-refractivity contribution in [2.24, 2.45) is 0 Å². The molecule has 3 rings (SSSR count). The average molecular weight is 259 g/mol. The highest BCUT2D eigenvalue weighted by molar-refractivity contribution is 6.33. The van der Waals surface area contributed by atoms with E-state index in [2.05, 4.69) is 15.0 Å². The first-order chi connectivity index (χ1) is 8.65. The lowest BCUT2D eigenvalue weighted by Crippen LogP contribution is -1.92. The summed E-state index contributed by atoms with van der Waals surface area (Å²) in [6, 6.07) is 7.48. The third kappa shape index (κ3) is 1.71. The minimum absolute atomic E-state index is 0.523. The van der Waals surface area contributed by atoms with Crippen LogP contribution in [0, 0.1) is 6.92 Å². The molecule has 0 radical (unpaired) electrons. The number of anilines is 1. The summed E-state index contributed by atoms with van der Waals surface area (Å²) in [5.74, 6) is 0.683. The molecule has 3 N–H and O–H groups in total. The van der Waals surface area contributed by atoms with Crippen molar-refractivity contribution in [1.29, 1.82) is 0 Å². The molecule has 0 aliphatic rings. The lowest BCUT2D eigenvalue weighted by Gasteiger charge is -2.03. The van der Waals surface area contributed by atoms with E-state index in [0.717, 1.165) is 16.6 Å². The topological polar surface area (TPSA) is 67.6 Å². The molecule has 0 bridgehead atoms. The summed E-state index contributed by atoms with van der Waals surface area (Å²) >= 11 is 6.01. The zero-order valence-electron chi connectivity index (χ0n) is 9.74. The van der Waals surface area contributed by atoms with Crippen LogP contribution < -0.4 is 5.73 Å². The number of aryl methyl sites for hydroxylation is 1. The Balaban J connectivity index is 2.22. The van der Waals surface area contributed by atoms with Crippen molar-refractivity contribution in [3.05, 3.63) is 41.0 Å². The largest absolute Gasteiger partial charge is 0.397 e. The van der Waals surface area contributed by atoms with Crippen LogP contribution in [0.5, 0.6) is 0 Å². The maximum absolute atomic E-state index is 6.01. The fourth-order valence-corrected chi connectivity index (χ4v) is 2.05. The SMILES string of the molecule is Cc1cnc2nc(-c3cccc(Cl)c3N)[nH]c2c1. The van der Waals surface area contributed by atoms with Crippen LogP contribution in [0.25, 0.3) is 22.6 Å². The second kappa shape index (κ2) is 3.99.